The van der Waals surface area contributed by atoms with Crippen molar-refractivity contribution in [3.8, 4) is 5.88 Å². The summed E-state index contributed by atoms with van der Waals surface area (Å²) in [5.41, 5.74) is 0.757. The minimum atomic E-state index is -4.38. The van der Waals surface area contributed by atoms with Crippen LogP contribution in [0.1, 0.15) is 18.4 Å². The second-order valence-corrected chi connectivity index (χ2v) is 5.94. The van der Waals surface area contributed by atoms with Crippen molar-refractivity contribution >= 4 is 17.7 Å². The minimum absolute atomic E-state index is 0.0494. The predicted octanol–water partition coefficient (Wildman–Crippen LogP) is 2.83. The van der Waals surface area contributed by atoms with E-state index in [0.29, 0.717) is 12.5 Å². The topological polar surface area (TPSA) is 58.5 Å². The lowest BCUT2D eigenvalue weighted by atomic mass is 10.2. The highest BCUT2D eigenvalue weighted by atomic mass is 32.2. The van der Waals surface area contributed by atoms with Crippen LogP contribution < -0.4 is 15.4 Å². The Kier molecular flexibility index (Phi) is 9.36. The Balaban J connectivity index is 2.39. The minimum Gasteiger partial charge on any atom is -0.468 e. The van der Waals surface area contributed by atoms with Gasteiger partial charge in [-0.1, -0.05) is 0 Å². The molecule has 0 spiro atoms. The first-order valence-corrected chi connectivity index (χ1v) is 8.92. The van der Waals surface area contributed by atoms with Crippen LogP contribution in [0.5, 0.6) is 5.88 Å². The van der Waals surface area contributed by atoms with E-state index in [1.54, 1.807) is 13.1 Å². The van der Waals surface area contributed by atoms with Gasteiger partial charge in [-0.3, -0.25) is 4.99 Å². The summed E-state index contributed by atoms with van der Waals surface area (Å²) in [4.78, 5) is 7.88. The van der Waals surface area contributed by atoms with Gasteiger partial charge >= 0.3 is 6.18 Å². The van der Waals surface area contributed by atoms with Crippen molar-refractivity contribution in [1.29, 1.82) is 0 Å². The van der Waals surface area contributed by atoms with E-state index in [9.17, 15) is 13.2 Å². The van der Waals surface area contributed by atoms with Crippen LogP contribution in [0.15, 0.2) is 23.3 Å². The number of alkyl halides is 3. The third-order valence-electron chi connectivity index (χ3n) is 2.93. The summed E-state index contributed by atoms with van der Waals surface area (Å²) in [5.74, 6) is 1.73. The van der Waals surface area contributed by atoms with Gasteiger partial charge in [0.2, 0.25) is 5.88 Å². The van der Waals surface area contributed by atoms with Crippen molar-refractivity contribution < 1.29 is 17.9 Å². The van der Waals surface area contributed by atoms with E-state index in [4.69, 9.17) is 0 Å². The number of halogens is 3. The lowest BCUT2D eigenvalue weighted by molar-refractivity contribution is -0.154. The first kappa shape index (κ1) is 20.4. The second kappa shape index (κ2) is 11.0. The molecule has 5 nitrogen and oxygen atoms in total. The molecule has 1 aromatic rings. The number of ether oxygens (including phenoxy) is 1. The highest BCUT2D eigenvalue weighted by Crippen LogP contribution is 2.17. The zero-order valence-corrected chi connectivity index (χ0v) is 14.6. The zero-order chi connectivity index (χ0) is 17.8. The summed E-state index contributed by atoms with van der Waals surface area (Å²) < 4.78 is 41.1. The van der Waals surface area contributed by atoms with E-state index in [-0.39, 0.29) is 5.88 Å². The number of guanidine groups is 1. The van der Waals surface area contributed by atoms with Crippen LogP contribution >= 0.6 is 11.8 Å². The molecule has 1 heterocycles. The number of unbranched alkanes of at least 4 members (excludes halogenated alkanes) is 1. The van der Waals surface area contributed by atoms with Gasteiger partial charge in [-0.15, -0.1) is 0 Å². The molecule has 0 radical (unpaired) electrons. The Morgan fingerprint density at radius 1 is 1.33 bits per heavy atom. The van der Waals surface area contributed by atoms with Gasteiger partial charge in [0.05, 0.1) is 0 Å². The molecule has 0 bridgehead atoms. The fourth-order valence-corrected chi connectivity index (χ4v) is 2.27. The summed E-state index contributed by atoms with van der Waals surface area (Å²) in [5, 5.41) is 6.30. The number of nitrogens with one attached hydrogen (secondary N) is 2. The van der Waals surface area contributed by atoms with Crippen molar-refractivity contribution in [3.05, 3.63) is 23.9 Å². The molecule has 2 N–H and O–H groups in total. The van der Waals surface area contributed by atoms with Crippen molar-refractivity contribution in [3.63, 3.8) is 0 Å². The Morgan fingerprint density at radius 2 is 2.12 bits per heavy atom. The lowest BCUT2D eigenvalue weighted by Crippen LogP contribution is -2.37. The van der Waals surface area contributed by atoms with Gasteiger partial charge in [0.25, 0.3) is 0 Å². The predicted molar refractivity (Wildman–Crippen MR) is 91.6 cm³/mol. The molecule has 1 rings (SSSR count). The van der Waals surface area contributed by atoms with Crippen LogP contribution in [0.25, 0.3) is 0 Å². The summed E-state index contributed by atoms with van der Waals surface area (Å²) in [6.07, 6.45) is 1.30. The van der Waals surface area contributed by atoms with E-state index in [2.05, 4.69) is 31.6 Å². The van der Waals surface area contributed by atoms with E-state index < -0.39 is 12.8 Å². The van der Waals surface area contributed by atoms with Gasteiger partial charge in [-0.2, -0.15) is 24.9 Å². The van der Waals surface area contributed by atoms with Gasteiger partial charge in [0, 0.05) is 32.4 Å². The average molecular weight is 364 g/mol. The molecular formula is C15H23F3N4OS. The zero-order valence-electron chi connectivity index (χ0n) is 13.8. The normalized spacial score (nSPS) is 12.1. The molecule has 0 aliphatic heterocycles. The number of hydrogen-bond donors (Lipinski definition) is 2. The highest BCUT2D eigenvalue weighted by molar-refractivity contribution is 7.98. The molecule has 136 valence electrons. The Labute approximate surface area is 144 Å². The molecule has 9 heteroatoms. The van der Waals surface area contributed by atoms with Gasteiger partial charge < -0.3 is 15.4 Å². The van der Waals surface area contributed by atoms with Crippen molar-refractivity contribution in [2.75, 3.05) is 32.2 Å². The number of aromatic nitrogens is 1. The molecule has 0 unspecified atom stereocenters. The fraction of sp³-hybridized carbons (Fsp3) is 0.600. The molecule has 0 saturated carbocycles. The van der Waals surface area contributed by atoms with Crippen LogP contribution in [0.3, 0.4) is 0 Å². The standard InChI is InChI=1S/C15H23F3N4OS/c1-19-14(21-6-3-4-8-24-2)22-10-12-5-7-20-13(9-12)23-11-15(16,17)18/h5,7,9H,3-4,6,8,10-11H2,1-2H3,(H2,19,21,22). The lowest BCUT2D eigenvalue weighted by Gasteiger charge is -2.13. The number of hydrogen-bond acceptors (Lipinski definition) is 4. The fourth-order valence-electron chi connectivity index (χ4n) is 1.78. The summed E-state index contributed by atoms with van der Waals surface area (Å²) in [6.45, 7) is -0.123. The van der Waals surface area contributed by atoms with Crippen molar-refractivity contribution in [1.82, 2.24) is 15.6 Å². The monoisotopic (exact) mass is 364 g/mol. The SMILES string of the molecule is CN=C(NCCCCSC)NCc1ccnc(OCC(F)(F)F)c1. The van der Waals surface area contributed by atoms with Crippen LogP contribution in [-0.2, 0) is 6.54 Å². The molecule has 24 heavy (non-hydrogen) atoms. The third kappa shape index (κ3) is 9.49. The largest absolute Gasteiger partial charge is 0.468 e. The molecular weight excluding hydrogens is 341 g/mol. The molecule has 0 aliphatic carbocycles. The Morgan fingerprint density at radius 3 is 2.79 bits per heavy atom. The first-order chi connectivity index (χ1) is 11.4. The maximum absolute atomic E-state index is 12.1. The molecule has 1 aromatic heterocycles. The maximum atomic E-state index is 12.1. The van der Waals surface area contributed by atoms with Gasteiger partial charge in [-0.05, 0) is 36.5 Å². The summed E-state index contributed by atoms with van der Waals surface area (Å²) in [6, 6.07) is 3.18. The molecule has 0 aromatic carbocycles. The third-order valence-corrected chi connectivity index (χ3v) is 3.63. The van der Waals surface area contributed by atoms with Gasteiger partial charge in [0.15, 0.2) is 12.6 Å². The first-order valence-electron chi connectivity index (χ1n) is 7.52. The quantitative estimate of drug-likeness (QED) is 0.401. The number of nitrogens with zero attached hydrogens (tertiary/aromatic N) is 2. The van der Waals surface area contributed by atoms with Crippen LogP contribution in [0, 0.1) is 0 Å². The van der Waals surface area contributed by atoms with E-state index in [1.165, 1.54) is 12.3 Å². The summed E-state index contributed by atoms with van der Waals surface area (Å²) >= 11 is 1.82. The molecule has 0 saturated heterocycles. The maximum Gasteiger partial charge on any atom is 0.422 e. The van der Waals surface area contributed by atoms with Gasteiger partial charge in [0.1, 0.15) is 0 Å². The Bertz CT molecular complexity index is 512. The second-order valence-electron chi connectivity index (χ2n) is 4.96. The van der Waals surface area contributed by atoms with Gasteiger partial charge in [-0.25, -0.2) is 4.98 Å². The van der Waals surface area contributed by atoms with Crippen LogP contribution in [0.4, 0.5) is 13.2 Å². The molecule has 0 amide bonds. The number of rotatable bonds is 9. The smallest absolute Gasteiger partial charge is 0.422 e. The number of pyridine rings is 1. The summed E-state index contributed by atoms with van der Waals surface area (Å²) in [7, 11) is 1.67. The van der Waals surface area contributed by atoms with E-state index >= 15 is 0 Å². The highest BCUT2D eigenvalue weighted by Gasteiger charge is 2.28. The van der Waals surface area contributed by atoms with Crippen molar-refractivity contribution in [2.45, 2.75) is 25.6 Å². The van der Waals surface area contributed by atoms with E-state index in [1.807, 2.05) is 11.8 Å². The molecule has 0 fully saturated rings. The van der Waals surface area contributed by atoms with Crippen molar-refractivity contribution in [2.24, 2.45) is 4.99 Å². The average Bonchev–Trinajstić information content (AvgIpc) is 2.55. The van der Waals surface area contributed by atoms with Crippen LogP contribution in [-0.4, -0.2) is 49.3 Å². The number of aliphatic imine (C=N–C) groups is 1. The molecule has 0 aliphatic rings. The Hall–Kier alpha value is -1.64. The molecule has 0 atom stereocenters. The van der Waals surface area contributed by atoms with E-state index in [0.717, 1.165) is 30.7 Å². The van der Waals surface area contributed by atoms with Crippen LogP contribution in [0.2, 0.25) is 0 Å². The number of thioether (sulfide) groups is 1.